The van der Waals surface area contributed by atoms with E-state index >= 15 is 0 Å². The Morgan fingerprint density at radius 3 is 1.46 bits per heavy atom. The maximum absolute atomic E-state index is 11.8. The Morgan fingerprint density at radius 1 is 0.800 bits per heavy atom. The van der Waals surface area contributed by atoms with Crippen LogP contribution in [0, 0.1) is 5.41 Å². The van der Waals surface area contributed by atoms with Gasteiger partial charge in [-0.3, -0.25) is 4.79 Å². The van der Waals surface area contributed by atoms with Gasteiger partial charge in [-0.2, -0.15) is 0 Å². The van der Waals surface area contributed by atoms with E-state index in [0.29, 0.717) is 18.9 Å². The molecule has 6 nitrogen and oxygen atoms in total. The summed E-state index contributed by atoms with van der Waals surface area (Å²) in [6.07, 6.45) is 21.2. The third kappa shape index (κ3) is 26.2. The Morgan fingerprint density at radius 2 is 1.17 bits per heavy atom. The molecule has 2 aliphatic rings. The molecule has 6 heteroatoms. The van der Waals surface area contributed by atoms with Crippen molar-refractivity contribution in [3.8, 4) is 0 Å². The molecule has 2 saturated heterocycles. The van der Waals surface area contributed by atoms with Crippen LogP contribution in [0.4, 0.5) is 0 Å². The van der Waals surface area contributed by atoms with Crippen molar-refractivity contribution in [2.24, 2.45) is 5.41 Å². The molecule has 0 saturated carbocycles. The number of epoxide rings is 2. The summed E-state index contributed by atoms with van der Waals surface area (Å²) in [5, 5.41) is 18.7. The van der Waals surface area contributed by atoms with Crippen molar-refractivity contribution in [1.82, 2.24) is 0 Å². The Hall–Kier alpha value is -0.690. The van der Waals surface area contributed by atoms with Gasteiger partial charge >= 0.3 is 5.97 Å². The van der Waals surface area contributed by atoms with Crippen LogP contribution in [-0.4, -0.2) is 61.9 Å². The second-order valence-electron chi connectivity index (χ2n) is 10.3. The van der Waals surface area contributed by atoms with Gasteiger partial charge in [-0.1, -0.05) is 104 Å². The number of aliphatic hydroxyl groups excluding tert-OH is 2. The number of ether oxygens (including phenoxy) is 3. The molecule has 2 heterocycles. The van der Waals surface area contributed by atoms with Gasteiger partial charge in [0.25, 0.3) is 0 Å². The van der Waals surface area contributed by atoms with Gasteiger partial charge in [0.1, 0.15) is 6.61 Å². The smallest absolute Gasteiger partial charge is 0.305 e. The summed E-state index contributed by atoms with van der Waals surface area (Å²) < 4.78 is 14.4. The van der Waals surface area contributed by atoms with Crippen molar-refractivity contribution >= 4 is 5.97 Å². The van der Waals surface area contributed by atoms with Gasteiger partial charge < -0.3 is 24.4 Å². The molecule has 0 amide bonds. The lowest BCUT2D eigenvalue weighted by Gasteiger charge is -2.27. The number of carbonyl (C=O) groups is 1. The van der Waals surface area contributed by atoms with Crippen molar-refractivity contribution in [2.45, 2.75) is 136 Å². The number of aliphatic hydroxyl groups is 2. The average Bonchev–Trinajstić information content (AvgIpc) is 3.79. The van der Waals surface area contributed by atoms with Crippen LogP contribution in [0.1, 0.15) is 130 Å². The predicted octanol–water partition coefficient (Wildman–Crippen LogP) is 6.59. The number of hydrogen-bond donors (Lipinski definition) is 2. The third-order valence-corrected chi connectivity index (χ3v) is 6.65. The van der Waals surface area contributed by atoms with Crippen LogP contribution in [0.3, 0.4) is 0 Å². The number of unbranched alkanes of at least 4 members (excludes halogenated alkanes) is 14. The van der Waals surface area contributed by atoms with E-state index in [1.54, 1.807) is 0 Å². The van der Waals surface area contributed by atoms with Crippen molar-refractivity contribution in [2.75, 3.05) is 39.6 Å². The van der Waals surface area contributed by atoms with Gasteiger partial charge in [0.05, 0.1) is 44.6 Å². The van der Waals surface area contributed by atoms with Crippen LogP contribution < -0.4 is 0 Å². The molecule has 2 fully saturated rings. The van der Waals surface area contributed by atoms with E-state index in [-0.39, 0.29) is 25.8 Å². The van der Waals surface area contributed by atoms with Crippen LogP contribution in [0.5, 0.6) is 0 Å². The molecular weight excluding hydrogens is 444 g/mol. The van der Waals surface area contributed by atoms with Crippen LogP contribution in [-0.2, 0) is 19.0 Å². The molecular formula is C29H58O6. The topological polar surface area (TPSA) is 91.8 Å². The summed E-state index contributed by atoms with van der Waals surface area (Å²) in [4.78, 5) is 11.8. The lowest BCUT2D eigenvalue weighted by atomic mass is 9.88. The lowest BCUT2D eigenvalue weighted by molar-refractivity contribution is -0.149. The first-order valence-corrected chi connectivity index (χ1v) is 14.6. The number of esters is 1. The van der Waals surface area contributed by atoms with E-state index in [4.69, 9.17) is 9.47 Å². The second kappa shape index (κ2) is 25.0. The Bertz CT molecular complexity index is 435. The van der Waals surface area contributed by atoms with Crippen LogP contribution in [0.2, 0.25) is 0 Å². The van der Waals surface area contributed by atoms with Crippen molar-refractivity contribution in [3.63, 3.8) is 0 Å². The van der Waals surface area contributed by atoms with Gasteiger partial charge in [0.15, 0.2) is 0 Å². The van der Waals surface area contributed by atoms with Gasteiger partial charge in [-0.05, 0) is 19.8 Å². The van der Waals surface area contributed by atoms with Gasteiger partial charge in [-0.15, -0.1) is 0 Å². The second-order valence-corrected chi connectivity index (χ2v) is 10.3. The molecule has 0 aliphatic carbocycles. The molecule has 2 aliphatic heterocycles. The summed E-state index contributed by atoms with van der Waals surface area (Å²) >= 11 is 0. The molecule has 35 heavy (non-hydrogen) atoms. The molecule has 1 unspecified atom stereocenters. The largest absolute Gasteiger partial charge is 0.465 e. The monoisotopic (exact) mass is 502 g/mol. The summed E-state index contributed by atoms with van der Waals surface area (Å²) in [6, 6.07) is 0. The van der Waals surface area contributed by atoms with E-state index in [2.05, 4.69) is 18.6 Å². The minimum Gasteiger partial charge on any atom is -0.465 e. The first-order valence-electron chi connectivity index (χ1n) is 14.6. The highest BCUT2D eigenvalue weighted by Gasteiger charge is 2.28. The molecule has 2 rings (SSSR count). The van der Waals surface area contributed by atoms with Crippen molar-refractivity contribution in [1.29, 1.82) is 0 Å². The lowest BCUT2D eigenvalue weighted by Crippen LogP contribution is -2.35. The maximum Gasteiger partial charge on any atom is 0.305 e. The number of carbonyl (C=O) groups excluding carboxylic acids is 1. The summed E-state index contributed by atoms with van der Waals surface area (Å²) in [5.74, 6) is -0.214. The van der Waals surface area contributed by atoms with Gasteiger partial charge in [0, 0.05) is 6.42 Å². The quantitative estimate of drug-likeness (QED) is 0.104. The zero-order valence-electron chi connectivity index (χ0n) is 23.4. The summed E-state index contributed by atoms with van der Waals surface area (Å²) in [7, 11) is 0. The van der Waals surface area contributed by atoms with Crippen LogP contribution in [0.15, 0.2) is 0 Å². The third-order valence-electron chi connectivity index (χ3n) is 6.65. The Balaban J connectivity index is 0.00000139. The fourth-order valence-electron chi connectivity index (χ4n) is 3.51. The normalized spacial score (nSPS) is 16.0. The minimum absolute atomic E-state index is 0.105. The molecule has 0 spiro atoms. The Labute approximate surface area is 216 Å². The zero-order chi connectivity index (χ0) is 26.0. The maximum atomic E-state index is 11.8. The molecule has 0 radical (unpaired) electrons. The SMILES string of the molecule is C1CO1.CC1CO1.CCCCCCCCCCCCCCCCCC(=O)OCC(CC)(CO)CO. The Kier molecular flexibility index (Phi) is 24.5. The minimum atomic E-state index is -0.690. The molecule has 1 atom stereocenters. The van der Waals surface area contributed by atoms with Gasteiger partial charge in [0.2, 0.25) is 0 Å². The summed E-state index contributed by atoms with van der Waals surface area (Å²) in [6.45, 7) is 8.98. The van der Waals surface area contributed by atoms with Crippen LogP contribution in [0.25, 0.3) is 0 Å². The molecule has 0 bridgehead atoms. The molecule has 210 valence electrons. The predicted molar refractivity (Wildman–Crippen MR) is 144 cm³/mol. The highest BCUT2D eigenvalue weighted by atomic mass is 16.6. The fraction of sp³-hybridized carbons (Fsp3) is 0.966. The molecule has 0 aromatic rings. The first kappa shape index (κ1) is 34.3. The zero-order valence-corrected chi connectivity index (χ0v) is 23.4. The van der Waals surface area contributed by atoms with Crippen molar-refractivity contribution < 1.29 is 29.2 Å². The fourth-order valence-corrected chi connectivity index (χ4v) is 3.51. The molecule has 0 aromatic carbocycles. The molecule has 0 aromatic heterocycles. The van der Waals surface area contributed by atoms with Crippen LogP contribution >= 0.6 is 0 Å². The average molecular weight is 503 g/mol. The number of rotatable bonds is 21. The van der Waals surface area contributed by atoms with E-state index in [9.17, 15) is 15.0 Å². The van der Waals surface area contributed by atoms with Gasteiger partial charge in [-0.25, -0.2) is 0 Å². The van der Waals surface area contributed by atoms with E-state index in [0.717, 1.165) is 32.7 Å². The first-order chi connectivity index (χ1) is 17.0. The number of hydrogen-bond acceptors (Lipinski definition) is 6. The van der Waals surface area contributed by atoms with Crippen molar-refractivity contribution in [3.05, 3.63) is 0 Å². The van der Waals surface area contributed by atoms with E-state index in [1.807, 2.05) is 6.92 Å². The van der Waals surface area contributed by atoms with E-state index < -0.39 is 5.41 Å². The highest BCUT2D eigenvalue weighted by molar-refractivity contribution is 5.69. The summed E-state index contributed by atoms with van der Waals surface area (Å²) in [5.41, 5.74) is -0.690. The van der Waals surface area contributed by atoms with E-state index in [1.165, 1.54) is 83.5 Å². The standard InChI is InChI=1S/C24H48O4.C3H6O.C2H4O/c1-3-5-6-7-8-9-10-11-12-13-14-15-16-17-18-19-23(27)28-22-24(4-2,20-25)21-26;1-3-2-4-3;1-2-3-1/h25-26H,3-22H2,1-2H3;3H,2H2,1H3;1-2H2. The molecule has 2 N–H and O–H groups in total. The highest BCUT2D eigenvalue weighted by Crippen LogP contribution is 2.21.